The van der Waals surface area contributed by atoms with Crippen LogP contribution in [0, 0.1) is 6.92 Å². The highest BCUT2D eigenvalue weighted by molar-refractivity contribution is 7.09. The summed E-state index contributed by atoms with van der Waals surface area (Å²) in [4.78, 5) is 15.6. The van der Waals surface area contributed by atoms with Gasteiger partial charge in [0.15, 0.2) is 0 Å². The second-order valence-electron chi connectivity index (χ2n) is 7.27. The molecule has 0 unspecified atom stereocenters. The molecule has 3 heterocycles. The minimum absolute atomic E-state index is 0.0788. The average Bonchev–Trinajstić information content (AvgIpc) is 3.17. The standard InChI is InChI=1S/C21H23ClN2O2S/c1-15-11-19-16(12-18(15)22)4-5-21(26-19)6-8-24(9-7-21)14-20(25)23-13-17-3-2-10-27-17/h2-5,10-12H,6-9,13-14H2,1H3,(H,23,25). The summed E-state index contributed by atoms with van der Waals surface area (Å²) in [6.07, 6.45) is 6.04. The van der Waals surface area contributed by atoms with Crippen LogP contribution in [-0.2, 0) is 11.3 Å². The Morgan fingerprint density at radius 3 is 2.93 bits per heavy atom. The monoisotopic (exact) mass is 402 g/mol. The van der Waals surface area contributed by atoms with Gasteiger partial charge in [0.25, 0.3) is 0 Å². The summed E-state index contributed by atoms with van der Waals surface area (Å²) < 4.78 is 6.37. The molecule has 27 heavy (non-hydrogen) atoms. The lowest BCUT2D eigenvalue weighted by Gasteiger charge is -2.41. The quantitative estimate of drug-likeness (QED) is 0.830. The molecule has 1 spiro atoms. The second kappa shape index (κ2) is 7.66. The van der Waals surface area contributed by atoms with E-state index in [4.69, 9.17) is 16.3 Å². The first-order chi connectivity index (χ1) is 13.0. The second-order valence-corrected chi connectivity index (χ2v) is 8.71. The summed E-state index contributed by atoms with van der Waals surface area (Å²) in [5.41, 5.74) is 1.80. The molecule has 1 amide bonds. The van der Waals surface area contributed by atoms with Crippen LogP contribution in [-0.4, -0.2) is 36.0 Å². The number of halogens is 1. The maximum atomic E-state index is 12.2. The fourth-order valence-corrected chi connectivity index (χ4v) is 4.42. The van der Waals surface area contributed by atoms with E-state index in [1.54, 1.807) is 11.3 Å². The van der Waals surface area contributed by atoms with E-state index in [0.717, 1.165) is 47.8 Å². The number of ether oxygens (including phenoxy) is 1. The molecule has 0 radical (unpaired) electrons. The smallest absolute Gasteiger partial charge is 0.234 e. The first kappa shape index (κ1) is 18.5. The molecule has 4 nitrogen and oxygen atoms in total. The minimum atomic E-state index is -0.267. The highest BCUT2D eigenvalue weighted by atomic mass is 35.5. The Kier molecular flexibility index (Phi) is 5.26. The van der Waals surface area contributed by atoms with Gasteiger partial charge in [-0.25, -0.2) is 0 Å². The van der Waals surface area contributed by atoms with Crippen molar-refractivity contribution in [2.24, 2.45) is 0 Å². The number of nitrogens with one attached hydrogen (secondary N) is 1. The largest absolute Gasteiger partial charge is 0.482 e. The van der Waals surface area contributed by atoms with Crippen LogP contribution in [0.1, 0.15) is 28.8 Å². The van der Waals surface area contributed by atoms with E-state index < -0.39 is 0 Å². The summed E-state index contributed by atoms with van der Waals surface area (Å²) in [6, 6.07) is 8.02. The van der Waals surface area contributed by atoms with Crippen LogP contribution in [0.25, 0.3) is 6.08 Å². The molecular formula is C21H23ClN2O2S. The lowest BCUT2D eigenvalue weighted by molar-refractivity contribution is -0.123. The van der Waals surface area contributed by atoms with Gasteiger partial charge in [0.1, 0.15) is 11.4 Å². The molecule has 1 N–H and O–H groups in total. The Bertz CT molecular complexity index is 855. The zero-order chi connectivity index (χ0) is 18.9. The molecule has 1 aromatic heterocycles. The number of aryl methyl sites for hydroxylation is 1. The summed E-state index contributed by atoms with van der Waals surface area (Å²) in [5.74, 6) is 0.983. The number of piperidine rings is 1. The van der Waals surface area contributed by atoms with Gasteiger partial charge in [-0.1, -0.05) is 23.7 Å². The van der Waals surface area contributed by atoms with Gasteiger partial charge in [0.05, 0.1) is 13.1 Å². The number of thiophene rings is 1. The third kappa shape index (κ3) is 4.21. The highest BCUT2D eigenvalue weighted by Gasteiger charge is 2.37. The van der Waals surface area contributed by atoms with E-state index in [-0.39, 0.29) is 11.5 Å². The van der Waals surface area contributed by atoms with Gasteiger partial charge < -0.3 is 10.1 Å². The van der Waals surface area contributed by atoms with Crippen molar-refractivity contribution in [3.05, 3.63) is 56.7 Å². The van der Waals surface area contributed by atoms with Crippen LogP contribution in [0.15, 0.2) is 35.7 Å². The molecule has 1 fully saturated rings. The fraction of sp³-hybridized carbons (Fsp3) is 0.381. The molecule has 2 aromatic rings. The van der Waals surface area contributed by atoms with E-state index in [1.165, 1.54) is 4.88 Å². The Balaban J connectivity index is 1.31. The van der Waals surface area contributed by atoms with Crippen LogP contribution in [0.5, 0.6) is 5.75 Å². The molecule has 1 saturated heterocycles. The lowest BCUT2D eigenvalue weighted by atomic mass is 9.88. The van der Waals surface area contributed by atoms with Gasteiger partial charge in [-0.15, -0.1) is 11.3 Å². The molecule has 0 bridgehead atoms. The molecule has 0 aliphatic carbocycles. The predicted molar refractivity (Wildman–Crippen MR) is 110 cm³/mol. The number of carbonyl (C=O) groups is 1. The van der Waals surface area contributed by atoms with Crippen molar-refractivity contribution in [3.63, 3.8) is 0 Å². The van der Waals surface area contributed by atoms with E-state index in [0.29, 0.717) is 13.1 Å². The highest BCUT2D eigenvalue weighted by Crippen LogP contribution is 2.39. The molecule has 0 saturated carbocycles. The minimum Gasteiger partial charge on any atom is -0.482 e. The van der Waals surface area contributed by atoms with Crippen LogP contribution >= 0.6 is 22.9 Å². The average molecular weight is 403 g/mol. The van der Waals surface area contributed by atoms with Gasteiger partial charge in [-0.05, 0) is 42.1 Å². The van der Waals surface area contributed by atoms with Crippen molar-refractivity contribution in [2.75, 3.05) is 19.6 Å². The number of benzene rings is 1. The maximum Gasteiger partial charge on any atom is 0.234 e. The SMILES string of the molecule is Cc1cc2c(cc1Cl)C=CC1(CCN(CC(=O)NCc3cccs3)CC1)O2. The summed E-state index contributed by atoms with van der Waals surface area (Å²) >= 11 is 7.88. The third-order valence-corrected chi connectivity index (χ3v) is 6.56. The van der Waals surface area contributed by atoms with Crippen molar-refractivity contribution >= 4 is 34.9 Å². The Morgan fingerprint density at radius 2 is 2.19 bits per heavy atom. The van der Waals surface area contributed by atoms with Crippen LogP contribution in [0.2, 0.25) is 5.02 Å². The first-order valence-electron chi connectivity index (χ1n) is 9.23. The molecule has 6 heteroatoms. The van der Waals surface area contributed by atoms with Crippen molar-refractivity contribution in [1.29, 1.82) is 0 Å². The number of nitrogens with zero attached hydrogens (tertiary/aromatic N) is 1. The summed E-state index contributed by atoms with van der Waals surface area (Å²) in [7, 11) is 0. The van der Waals surface area contributed by atoms with E-state index in [9.17, 15) is 4.79 Å². The molecular weight excluding hydrogens is 380 g/mol. The number of fused-ring (bicyclic) bond motifs is 1. The third-order valence-electron chi connectivity index (χ3n) is 5.28. The number of amides is 1. The van der Waals surface area contributed by atoms with E-state index in [2.05, 4.69) is 22.4 Å². The van der Waals surface area contributed by atoms with E-state index >= 15 is 0 Å². The first-order valence-corrected chi connectivity index (χ1v) is 10.5. The molecule has 142 valence electrons. The molecule has 2 aliphatic rings. The summed E-state index contributed by atoms with van der Waals surface area (Å²) in [6.45, 7) is 4.74. The zero-order valence-electron chi connectivity index (χ0n) is 15.3. The number of hydrogen-bond acceptors (Lipinski definition) is 4. The lowest BCUT2D eigenvalue weighted by Crippen LogP contribution is -2.49. The molecule has 1 aromatic carbocycles. The van der Waals surface area contributed by atoms with Gasteiger partial charge in [-0.2, -0.15) is 0 Å². The molecule has 2 aliphatic heterocycles. The molecule has 0 atom stereocenters. The number of likely N-dealkylation sites (tertiary alicyclic amines) is 1. The Labute approximate surface area is 168 Å². The van der Waals surface area contributed by atoms with Gasteiger partial charge in [-0.3, -0.25) is 9.69 Å². The number of rotatable bonds is 4. The number of carbonyl (C=O) groups excluding carboxylic acids is 1. The van der Waals surface area contributed by atoms with Crippen LogP contribution < -0.4 is 10.1 Å². The zero-order valence-corrected chi connectivity index (χ0v) is 16.9. The maximum absolute atomic E-state index is 12.2. The topological polar surface area (TPSA) is 41.6 Å². The van der Waals surface area contributed by atoms with Crippen molar-refractivity contribution in [1.82, 2.24) is 10.2 Å². The van der Waals surface area contributed by atoms with Crippen molar-refractivity contribution in [2.45, 2.75) is 31.9 Å². The van der Waals surface area contributed by atoms with Crippen molar-refractivity contribution < 1.29 is 9.53 Å². The van der Waals surface area contributed by atoms with E-state index in [1.807, 2.05) is 36.6 Å². The molecule has 4 rings (SSSR count). The van der Waals surface area contributed by atoms with Gasteiger partial charge in [0, 0.05) is 41.4 Å². The Hall–Kier alpha value is -1.82. The van der Waals surface area contributed by atoms with Crippen LogP contribution in [0.4, 0.5) is 0 Å². The van der Waals surface area contributed by atoms with Gasteiger partial charge >= 0.3 is 0 Å². The van der Waals surface area contributed by atoms with Crippen molar-refractivity contribution in [3.8, 4) is 5.75 Å². The Morgan fingerprint density at radius 1 is 1.37 bits per heavy atom. The van der Waals surface area contributed by atoms with Crippen LogP contribution in [0.3, 0.4) is 0 Å². The predicted octanol–water partition coefficient (Wildman–Crippen LogP) is 4.27. The van der Waals surface area contributed by atoms with Gasteiger partial charge in [0.2, 0.25) is 5.91 Å². The number of hydrogen-bond donors (Lipinski definition) is 1. The normalized spacial score (nSPS) is 18.1. The summed E-state index contributed by atoms with van der Waals surface area (Å²) in [5, 5.41) is 5.79. The fourth-order valence-electron chi connectivity index (χ4n) is 3.60.